The van der Waals surface area contributed by atoms with Gasteiger partial charge in [-0.15, -0.1) is 5.10 Å². The Morgan fingerprint density at radius 3 is 2.40 bits per heavy atom. The van der Waals surface area contributed by atoms with Crippen LogP contribution in [0.5, 0.6) is 0 Å². The zero-order valence-corrected chi connectivity index (χ0v) is 11.0. The number of alkyl halides is 2. The molecule has 0 bridgehead atoms. The van der Waals surface area contributed by atoms with E-state index in [0.717, 1.165) is 21.4 Å². The molecule has 1 heterocycles. The summed E-state index contributed by atoms with van der Waals surface area (Å²) in [5, 5.41) is 15.7. The molecule has 1 aromatic heterocycles. The van der Waals surface area contributed by atoms with Gasteiger partial charge in [-0.2, -0.15) is 0 Å². The van der Waals surface area contributed by atoms with Crippen molar-refractivity contribution in [2.24, 2.45) is 0 Å². The van der Waals surface area contributed by atoms with E-state index in [9.17, 15) is 13.6 Å². The summed E-state index contributed by atoms with van der Waals surface area (Å²) in [6.07, 6.45) is -2.94. The molecule has 5 nitrogen and oxygen atoms in total. The van der Waals surface area contributed by atoms with Crippen LogP contribution in [0.1, 0.15) is 39.3 Å². The van der Waals surface area contributed by atoms with Gasteiger partial charge in [0, 0.05) is 0 Å². The maximum Gasteiger partial charge on any atom is 0.358 e. The predicted octanol–water partition coefficient (Wildman–Crippen LogP) is 2.58. The summed E-state index contributed by atoms with van der Waals surface area (Å²) >= 11 is 0. The quantitative estimate of drug-likeness (QED) is 0.935. The highest BCUT2D eigenvalue weighted by Gasteiger charge is 2.26. The number of hydrogen-bond acceptors (Lipinski definition) is 3. The van der Waals surface area contributed by atoms with E-state index in [4.69, 9.17) is 5.11 Å². The molecule has 0 aliphatic carbocycles. The van der Waals surface area contributed by atoms with Gasteiger partial charge >= 0.3 is 5.97 Å². The van der Waals surface area contributed by atoms with E-state index >= 15 is 0 Å². The molecule has 0 atom stereocenters. The summed E-state index contributed by atoms with van der Waals surface area (Å²) in [7, 11) is 0. The van der Waals surface area contributed by atoms with Gasteiger partial charge in [-0.05, 0) is 19.4 Å². The minimum Gasteiger partial charge on any atom is -0.476 e. The zero-order chi connectivity index (χ0) is 14.9. The molecule has 2 aromatic rings. The highest BCUT2D eigenvalue weighted by Crippen LogP contribution is 2.22. The number of carbonyl (C=O) groups is 1. The summed E-state index contributed by atoms with van der Waals surface area (Å²) in [6, 6.07) is 5.64. The average Bonchev–Trinajstić information content (AvgIpc) is 2.71. The first-order valence-corrected chi connectivity index (χ1v) is 5.90. The Labute approximate surface area is 113 Å². The van der Waals surface area contributed by atoms with Gasteiger partial charge in [0.2, 0.25) is 0 Å². The minimum atomic E-state index is -2.94. The van der Waals surface area contributed by atoms with E-state index in [2.05, 4.69) is 10.3 Å². The minimum absolute atomic E-state index is 0.0580. The highest BCUT2D eigenvalue weighted by atomic mass is 19.3. The third kappa shape index (κ3) is 2.81. The van der Waals surface area contributed by atoms with Gasteiger partial charge < -0.3 is 5.11 Å². The Hall–Kier alpha value is -2.31. The first-order chi connectivity index (χ1) is 9.38. The second-order valence-electron chi connectivity index (χ2n) is 4.58. The molecular formula is C13H13F2N3O2. The number of carboxylic acids is 1. The molecule has 0 amide bonds. The van der Waals surface area contributed by atoms with Crippen LogP contribution in [0.25, 0.3) is 0 Å². The predicted molar refractivity (Wildman–Crippen MR) is 67.0 cm³/mol. The van der Waals surface area contributed by atoms with E-state index in [1.165, 1.54) is 0 Å². The van der Waals surface area contributed by atoms with Gasteiger partial charge in [-0.25, -0.2) is 18.3 Å². The van der Waals surface area contributed by atoms with Gasteiger partial charge in [-0.1, -0.05) is 34.5 Å². The first kappa shape index (κ1) is 14.1. The Morgan fingerprint density at radius 1 is 1.30 bits per heavy atom. The van der Waals surface area contributed by atoms with Crippen molar-refractivity contribution in [1.82, 2.24) is 15.0 Å². The second-order valence-corrected chi connectivity index (χ2v) is 4.58. The fourth-order valence-corrected chi connectivity index (χ4v) is 2.14. The largest absolute Gasteiger partial charge is 0.476 e. The molecule has 0 saturated heterocycles. The third-order valence-corrected chi connectivity index (χ3v) is 2.80. The van der Waals surface area contributed by atoms with Crippen LogP contribution >= 0.6 is 0 Å². The lowest BCUT2D eigenvalue weighted by molar-refractivity contribution is 0.0675. The molecule has 7 heteroatoms. The van der Waals surface area contributed by atoms with Gasteiger partial charge in [0.15, 0.2) is 5.69 Å². The lowest BCUT2D eigenvalue weighted by atomic mass is 10.1. The van der Waals surface area contributed by atoms with E-state index in [1.54, 1.807) is 0 Å². The number of aromatic carboxylic acids is 1. The molecule has 1 N–H and O–H groups in total. The molecule has 1 aromatic carbocycles. The van der Waals surface area contributed by atoms with Crippen LogP contribution in [0.2, 0.25) is 0 Å². The molecule has 0 unspecified atom stereocenters. The molecule has 0 aliphatic rings. The molecule has 0 aliphatic heterocycles. The maximum atomic E-state index is 13.0. The average molecular weight is 281 g/mol. The smallest absolute Gasteiger partial charge is 0.358 e. The number of hydrogen-bond donors (Lipinski definition) is 1. The first-order valence-electron chi connectivity index (χ1n) is 5.90. The van der Waals surface area contributed by atoms with Crippen molar-refractivity contribution in [2.45, 2.75) is 26.8 Å². The molecule has 0 radical (unpaired) electrons. The van der Waals surface area contributed by atoms with Gasteiger partial charge in [-0.3, -0.25) is 0 Å². The molecule has 0 spiro atoms. The normalized spacial score (nSPS) is 11.1. The van der Waals surface area contributed by atoms with Gasteiger partial charge in [0.25, 0.3) is 6.43 Å². The monoisotopic (exact) mass is 281 g/mol. The van der Waals surface area contributed by atoms with Crippen LogP contribution in [0.3, 0.4) is 0 Å². The van der Waals surface area contributed by atoms with E-state index in [1.807, 2.05) is 32.0 Å². The summed E-state index contributed by atoms with van der Waals surface area (Å²) in [5.74, 6) is -1.51. The van der Waals surface area contributed by atoms with Crippen molar-refractivity contribution in [3.8, 4) is 0 Å². The lowest BCUT2D eigenvalue weighted by Gasteiger charge is -2.08. The number of carboxylic acid groups (broad SMARTS) is 1. The fourth-order valence-electron chi connectivity index (χ4n) is 2.14. The van der Waals surface area contributed by atoms with Gasteiger partial charge in [0.1, 0.15) is 5.69 Å². The van der Waals surface area contributed by atoms with Crippen LogP contribution in [-0.4, -0.2) is 26.1 Å². The Balaban J connectivity index is 2.41. The number of halogens is 2. The molecule has 20 heavy (non-hydrogen) atoms. The van der Waals surface area contributed by atoms with E-state index < -0.39 is 23.8 Å². The van der Waals surface area contributed by atoms with Crippen LogP contribution in [0, 0.1) is 13.8 Å². The Bertz CT molecular complexity index is 633. The summed E-state index contributed by atoms with van der Waals surface area (Å²) in [4.78, 5) is 10.9. The van der Waals surface area contributed by atoms with Crippen molar-refractivity contribution in [3.63, 3.8) is 0 Å². The standard InChI is InChI=1S/C13H13F2N3O2/c1-7-3-8(2)5-9(4-7)6-18-11(12(14)15)10(13(19)20)16-17-18/h3-5,12H,6H2,1-2H3,(H,19,20). The summed E-state index contributed by atoms with van der Waals surface area (Å²) < 4.78 is 26.9. The lowest BCUT2D eigenvalue weighted by Crippen LogP contribution is -2.10. The highest BCUT2D eigenvalue weighted by molar-refractivity contribution is 5.86. The summed E-state index contributed by atoms with van der Waals surface area (Å²) in [5.41, 5.74) is 1.39. The number of nitrogens with zero attached hydrogens (tertiary/aromatic N) is 3. The number of benzene rings is 1. The van der Waals surface area contributed by atoms with E-state index in [0.29, 0.717) is 0 Å². The number of aryl methyl sites for hydroxylation is 2. The zero-order valence-electron chi connectivity index (χ0n) is 11.0. The molecule has 0 saturated carbocycles. The van der Waals surface area contributed by atoms with Crippen molar-refractivity contribution in [3.05, 3.63) is 46.3 Å². The fraction of sp³-hybridized carbons (Fsp3) is 0.308. The SMILES string of the molecule is Cc1cc(C)cc(Cn2nnc(C(=O)O)c2C(F)F)c1. The van der Waals surface area contributed by atoms with Crippen LogP contribution in [0.4, 0.5) is 8.78 Å². The topological polar surface area (TPSA) is 68.0 Å². The number of aromatic nitrogens is 3. The van der Waals surface area contributed by atoms with Crippen LogP contribution in [0.15, 0.2) is 18.2 Å². The Kier molecular flexibility index (Phi) is 3.78. The van der Waals surface area contributed by atoms with Crippen molar-refractivity contribution in [1.29, 1.82) is 0 Å². The van der Waals surface area contributed by atoms with Gasteiger partial charge in [0.05, 0.1) is 6.54 Å². The van der Waals surface area contributed by atoms with Crippen molar-refractivity contribution >= 4 is 5.97 Å². The summed E-state index contributed by atoms with van der Waals surface area (Å²) in [6.45, 7) is 3.85. The van der Waals surface area contributed by atoms with Crippen molar-refractivity contribution < 1.29 is 18.7 Å². The van der Waals surface area contributed by atoms with E-state index in [-0.39, 0.29) is 6.54 Å². The van der Waals surface area contributed by atoms with Crippen LogP contribution < -0.4 is 0 Å². The van der Waals surface area contributed by atoms with Crippen molar-refractivity contribution in [2.75, 3.05) is 0 Å². The molecule has 2 rings (SSSR count). The molecule has 106 valence electrons. The molecular weight excluding hydrogens is 268 g/mol. The van der Waals surface area contributed by atoms with Crippen LogP contribution in [-0.2, 0) is 6.54 Å². The third-order valence-electron chi connectivity index (χ3n) is 2.80. The Morgan fingerprint density at radius 2 is 1.90 bits per heavy atom. The maximum absolute atomic E-state index is 13.0. The number of rotatable bonds is 4. The second kappa shape index (κ2) is 5.36. The molecule has 0 fully saturated rings.